The van der Waals surface area contributed by atoms with Crippen LogP contribution in [0.15, 0.2) is 35.5 Å². The number of phenolic OH excluding ortho intramolecular Hbond substituents is 1. The first-order valence-corrected chi connectivity index (χ1v) is 7.62. The highest BCUT2D eigenvalue weighted by molar-refractivity contribution is 6.67. The summed E-state index contributed by atoms with van der Waals surface area (Å²) in [6.07, 6.45) is 0. The van der Waals surface area contributed by atoms with Crippen LogP contribution >= 0.6 is 34.8 Å². The van der Waals surface area contributed by atoms with Gasteiger partial charge in [0.1, 0.15) is 12.4 Å². The molecule has 0 saturated carbocycles. The van der Waals surface area contributed by atoms with Gasteiger partial charge in [0.2, 0.25) is 3.79 Å². The molecule has 1 aromatic rings. The topological polar surface area (TPSA) is 87.7 Å². The third-order valence-corrected chi connectivity index (χ3v) is 3.41. The molecule has 23 heavy (non-hydrogen) atoms. The number of urea groups is 1. The quantitative estimate of drug-likeness (QED) is 0.556. The number of benzene rings is 1. The van der Waals surface area contributed by atoms with Gasteiger partial charge >= 0.3 is 12.0 Å². The normalized spacial score (nSPS) is 18.3. The van der Waals surface area contributed by atoms with E-state index < -0.39 is 28.4 Å². The number of esters is 1. The van der Waals surface area contributed by atoms with E-state index >= 15 is 0 Å². The van der Waals surface area contributed by atoms with Crippen molar-refractivity contribution in [2.45, 2.75) is 16.8 Å². The number of halogens is 3. The summed E-state index contributed by atoms with van der Waals surface area (Å²) in [4.78, 5) is 24.0. The Labute approximate surface area is 147 Å². The second-order valence-corrected chi connectivity index (χ2v) is 7.37. The van der Waals surface area contributed by atoms with Crippen molar-refractivity contribution in [3.8, 4) is 5.75 Å². The van der Waals surface area contributed by atoms with Crippen molar-refractivity contribution in [2.75, 3.05) is 6.61 Å². The number of hydrogen-bond acceptors (Lipinski definition) is 4. The third-order valence-electron chi connectivity index (χ3n) is 3.08. The molecule has 2 rings (SSSR count). The van der Waals surface area contributed by atoms with E-state index in [1.165, 1.54) is 12.1 Å². The number of hydrogen-bond donors (Lipinski definition) is 3. The van der Waals surface area contributed by atoms with Gasteiger partial charge in [-0.3, -0.25) is 0 Å². The van der Waals surface area contributed by atoms with Crippen LogP contribution in [0.3, 0.4) is 0 Å². The second-order valence-electron chi connectivity index (χ2n) is 4.85. The summed E-state index contributed by atoms with van der Waals surface area (Å²) >= 11 is 16.7. The molecule has 1 aliphatic rings. The van der Waals surface area contributed by atoms with E-state index in [0.717, 1.165) is 0 Å². The maximum atomic E-state index is 12.3. The number of nitrogens with one attached hydrogen (secondary N) is 2. The lowest BCUT2D eigenvalue weighted by molar-refractivity contribution is -0.139. The Morgan fingerprint density at radius 3 is 2.48 bits per heavy atom. The zero-order chi connectivity index (χ0) is 17.2. The smallest absolute Gasteiger partial charge is 0.338 e. The molecule has 0 fully saturated rings. The Morgan fingerprint density at radius 1 is 1.30 bits per heavy atom. The monoisotopic (exact) mass is 378 g/mol. The number of alkyl halides is 3. The molecule has 6 nitrogen and oxygen atoms in total. The fourth-order valence-corrected chi connectivity index (χ4v) is 2.27. The number of phenols is 1. The maximum Gasteiger partial charge on any atom is 0.338 e. The number of amides is 2. The Kier molecular flexibility index (Phi) is 5.29. The summed E-state index contributed by atoms with van der Waals surface area (Å²) in [6.45, 7) is 1.14. The molecule has 0 radical (unpaired) electrons. The first-order chi connectivity index (χ1) is 10.7. The minimum absolute atomic E-state index is 0.0649. The van der Waals surface area contributed by atoms with Gasteiger partial charge in [-0.05, 0) is 24.6 Å². The van der Waals surface area contributed by atoms with Crippen LogP contribution in [0, 0.1) is 0 Å². The van der Waals surface area contributed by atoms with E-state index in [1.807, 2.05) is 0 Å². The SMILES string of the molecule is CC1=C(C(=O)OCC(Cl)(Cl)Cl)[C@H](c2ccc(O)cc2)NC(=O)N1. The standard InChI is InChI=1S/C14H13Cl3N2O4/c1-7-10(12(21)23-6-14(15,16)17)11(19-13(22)18-7)8-2-4-9(20)5-3-8/h2-5,11,20H,6H2,1H3,(H2,18,19,22)/t11-/m0/s1. The van der Waals surface area contributed by atoms with Crippen LogP contribution < -0.4 is 10.6 Å². The van der Waals surface area contributed by atoms with Gasteiger partial charge < -0.3 is 20.5 Å². The number of aromatic hydroxyl groups is 1. The third kappa shape index (κ3) is 4.67. The first-order valence-electron chi connectivity index (χ1n) is 6.48. The summed E-state index contributed by atoms with van der Waals surface area (Å²) in [5, 5.41) is 14.5. The molecule has 9 heteroatoms. The molecule has 1 atom stereocenters. The van der Waals surface area contributed by atoms with Gasteiger partial charge in [0.15, 0.2) is 0 Å². The number of allylic oxidation sites excluding steroid dienone is 1. The van der Waals surface area contributed by atoms with Crippen LogP contribution in [0.5, 0.6) is 5.75 Å². The van der Waals surface area contributed by atoms with Crippen LogP contribution in [-0.2, 0) is 9.53 Å². The van der Waals surface area contributed by atoms with Gasteiger partial charge in [-0.15, -0.1) is 0 Å². The summed E-state index contributed by atoms with van der Waals surface area (Å²) in [5.74, 6) is -0.658. The molecule has 3 N–H and O–H groups in total. The lowest BCUT2D eigenvalue weighted by Crippen LogP contribution is -2.45. The molecule has 2 amide bonds. The largest absolute Gasteiger partial charge is 0.508 e. The Morgan fingerprint density at radius 2 is 1.91 bits per heavy atom. The van der Waals surface area contributed by atoms with Crippen LogP contribution in [-0.4, -0.2) is 27.5 Å². The molecule has 1 aromatic carbocycles. The number of rotatable bonds is 3. The lowest BCUT2D eigenvalue weighted by Gasteiger charge is -2.28. The molecule has 124 valence electrons. The van der Waals surface area contributed by atoms with Crippen molar-refractivity contribution in [2.24, 2.45) is 0 Å². The van der Waals surface area contributed by atoms with Crippen LogP contribution in [0.4, 0.5) is 4.79 Å². The summed E-state index contributed by atoms with van der Waals surface area (Å²) in [6, 6.07) is 4.86. The van der Waals surface area contributed by atoms with Crippen molar-refractivity contribution in [3.05, 3.63) is 41.1 Å². The van der Waals surface area contributed by atoms with Crippen LogP contribution in [0.2, 0.25) is 0 Å². The van der Waals surface area contributed by atoms with Crippen molar-refractivity contribution in [3.63, 3.8) is 0 Å². The van der Waals surface area contributed by atoms with Gasteiger partial charge in [0, 0.05) is 5.70 Å². The van der Waals surface area contributed by atoms with E-state index in [1.54, 1.807) is 19.1 Å². The van der Waals surface area contributed by atoms with Crippen LogP contribution in [0.1, 0.15) is 18.5 Å². The van der Waals surface area contributed by atoms with Gasteiger partial charge in [0.25, 0.3) is 0 Å². The minimum Gasteiger partial charge on any atom is -0.508 e. The van der Waals surface area contributed by atoms with E-state index in [-0.39, 0.29) is 11.3 Å². The molecule has 0 saturated heterocycles. The van der Waals surface area contributed by atoms with E-state index in [2.05, 4.69) is 10.6 Å². The second kappa shape index (κ2) is 6.86. The van der Waals surface area contributed by atoms with Gasteiger partial charge in [-0.2, -0.15) is 0 Å². The average Bonchev–Trinajstić information content (AvgIpc) is 2.44. The lowest BCUT2D eigenvalue weighted by atomic mass is 9.95. The van der Waals surface area contributed by atoms with Gasteiger partial charge in [-0.25, -0.2) is 9.59 Å². The highest BCUT2D eigenvalue weighted by Crippen LogP contribution is 2.30. The number of ether oxygens (including phenoxy) is 1. The molecule has 1 heterocycles. The summed E-state index contributed by atoms with van der Waals surface area (Å²) < 4.78 is 3.26. The molecule has 0 spiro atoms. The van der Waals surface area contributed by atoms with Crippen molar-refractivity contribution < 1.29 is 19.4 Å². The molecule has 1 aliphatic heterocycles. The van der Waals surface area contributed by atoms with Crippen molar-refractivity contribution in [1.82, 2.24) is 10.6 Å². The predicted octanol–water partition coefficient (Wildman–Crippen LogP) is 2.93. The van der Waals surface area contributed by atoms with E-state index in [0.29, 0.717) is 11.3 Å². The molecular formula is C14H13Cl3N2O4. The Hall–Kier alpha value is -1.63. The Balaban J connectivity index is 2.31. The Bertz CT molecular complexity index is 653. The maximum absolute atomic E-state index is 12.3. The number of carbonyl (C=O) groups excluding carboxylic acids is 2. The van der Waals surface area contributed by atoms with Gasteiger partial charge in [0.05, 0.1) is 11.6 Å². The summed E-state index contributed by atoms with van der Waals surface area (Å²) in [5.41, 5.74) is 1.11. The highest BCUT2D eigenvalue weighted by atomic mass is 35.6. The zero-order valence-electron chi connectivity index (χ0n) is 11.9. The fraction of sp³-hybridized carbons (Fsp3) is 0.286. The minimum atomic E-state index is -1.73. The molecule has 0 unspecified atom stereocenters. The van der Waals surface area contributed by atoms with Crippen molar-refractivity contribution >= 4 is 46.8 Å². The first kappa shape index (κ1) is 17.7. The van der Waals surface area contributed by atoms with Gasteiger partial charge in [-0.1, -0.05) is 46.9 Å². The fourth-order valence-electron chi connectivity index (χ4n) is 2.11. The average molecular weight is 380 g/mol. The zero-order valence-corrected chi connectivity index (χ0v) is 14.2. The molecule has 0 aromatic heterocycles. The van der Waals surface area contributed by atoms with Crippen molar-refractivity contribution in [1.29, 1.82) is 0 Å². The van der Waals surface area contributed by atoms with Crippen LogP contribution in [0.25, 0.3) is 0 Å². The molecular weight excluding hydrogens is 367 g/mol. The van der Waals surface area contributed by atoms with E-state index in [4.69, 9.17) is 39.5 Å². The highest BCUT2D eigenvalue weighted by Gasteiger charge is 2.33. The predicted molar refractivity (Wildman–Crippen MR) is 86.5 cm³/mol. The summed E-state index contributed by atoms with van der Waals surface area (Å²) in [7, 11) is 0. The van der Waals surface area contributed by atoms with E-state index in [9.17, 15) is 14.7 Å². The number of carbonyl (C=O) groups is 2. The molecule has 0 bridgehead atoms. The molecule has 0 aliphatic carbocycles.